The standard InChI is InChI=1S/C19H21N2.2CH3.Al/c1-16(20-14-18-9-5-3-6-10-18)13-17(2)21-15-19-11-7-4-8-12-19;;;/h3-13H,14-15H2,1-2H3;2*1H3;/q-1;;;+1/b16-13+,21-17?;;;. The molecule has 0 spiro atoms. The first kappa shape index (κ1) is 18.5. The van der Waals surface area contributed by atoms with Crippen LogP contribution >= 0.6 is 0 Å². The van der Waals surface area contributed by atoms with Gasteiger partial charge in [0.15, 0.2) is 0 Å². The largest absolute Gasteiger partial charge is 0.463 e. The van der Waals surface area contributed by atoms with Crippen LogP contribution in [0.5, 0.6) is 0 Å². The van der Waals surface area contributed by atoms with Crippen LogP contribution in [0.2, 0.25) is 11.6 Å². The molecule has 2 nitrogen and oxygen atoms in total. The molecule has 0 heterocycles. The van der Waals surface area contributed by atoms with Crippen molar-refractivity contribution >= 4 is 20.1 Å². The quantitative estimate of drug-likeness (QED) is 0.495. The minimum absolute atomic E-state index is 0.744. The lowest BCUT2D eigenvalue weighted by atomic mass is 10.2. The normalized spacial score (nSPS) is 12.2. The molecule has 2 rings (SSSR count). The number of aliphatic imine (C=N–C) groups is 1. The summed E-state index contributed by atoms with van der Waals surface area (Å²) in [6.07, 6.45) is 2.22. The van der Waals surface area contributed by atoms with Crippen molar-refractivity contribution in [3.8, 4) is 0 Å². The van der Waals surface area contributed by atoms with E-state index in [1.165, 1.54) is 16.8 Å². The van der Waals surface area contributed by atoms with Crippen LogP contribution in [0.3, 0.4) is 0 Å². The van der Waals surface area contributed by atoms with Gasteiger partial charge in [0, 0.05) is 12.3 Å². The van der Waals surface area contributed by atoms with Crippen LogP contribution in [0.1, 0.15) is 25.0 Å². The van der Waals surface area contributed by atoms with E-state index in [4.69, 9.17) is 4.99 Å². The lowest BCUT2D eigenvalue weighted by Crippen LogP contribution is -2.32. The number of benzene rings is 2. The zero-order valence-corrected chi connectivity index (χ0v) is 16.4. The van der Waals surface area contributed by atoms with Gasteiger partial charge in [-0.3, -0.25) is 4.99 Å². The summed E-state index contributed by atoms with van der Waals surface area (Å²) in [5.74, 6) is 4.74. The van der Waals surface area contributed by atoms with Gasteiger partial charge in [0.05, 0.1) is 6.54 Å². The first-order valence-electron chi connectivity index (χ1n) is 8.60. The molecule has 2 aromatic rings. The Morgan fingerprint density at radius 3 is 2.00 bits per heavy atom. The minimum Gasteiger partial charge on any atom is -0.463 e. The molecule has 24 heavy (non-hydrogen) atoms. The molecule has 3 heteroatoms. The van der Waals surface area contributed by atoms with E-state index in [1.54, 1.807) is 0 Å². The summed E-state index contributed by atoms with van der Waals surface area (Å²) in [6.45, 7) is 6.03. The molecule has 0 amide bonds. The Balaban J connectivity index is 2.07. The van der Waals surface area contributed by atoms with Crippen LogP contribution in [0.25, 0.3) is 0 Å². The molecule has 0 aliphatic carbocycles. The summed E-state index contributed by atoms with van der Waals surface area (Å²) in [5, 5.41) is 0. The number of allylic oxidation sites excluding steroid dienone is 2. The van der Waals surface area contributed by atoms with Crippen molar-refractivity contribution < 1.29 is 0 Å². The van der Waals surface area contributed by atoms with Gasteiger partial charge in [0.2, 0.25) is 0 Å². The average Bonchev–Trinajstić information content (AvgIpc) is 2.59. The zero-order valence-electron chi connectivity index (χ0n) is 15.2. The third-order valence-electron chi connectivity index (χ3n) is 4.04. The maximum atomic E-state index is 4.71. The van der Waals surface area contributed by atoms with Crippen LogP contribution < -0.4 is 0 Å². The summed E-state index contributed by atoms with van der Waals surface area (Å²) in [5.41, 5.74) is 5.02. The molecule has 0 atom stereocenters. The summed E-state index contributed by atoms with van der Waals surface area (Å²) in [6, 6.07) is 21.1. The third kappa shape index (κ3) is 6.00. The number of hydrogen-bond donors (Lipinski definition) is 0. The van der Waals surface area contributed by atoms with Crippen molar-refractivity contribution in [1.29, 1.82) is 0 Å². The molecular weight excluding hydrogens is 307 g/mol. The highest BCUT2D eigenvalue weighted by Gasteiger charge is 2.16. The molecule has 0 aliphatic heterocycles. The molecule has 124 valence electrons. The molecule has 0 bridgehead atoms. The molecule has 0 saturated heterocycles. The Hall–Kier alpha value is -1.82. The fourth-order valence-electron chi connectivity index (χ4n) is 2.72. The highest BCUT2D eigenvalue weighted by Crippen LogP contribution is 2.13. The predicted octanol–water partition coefficient (Wildman–Crippen LogP) is 5.30. The molecule has 0 N–H and O–H groups in total. The van der Waals surface area contributed by atoms with Gasteiger partial charge in [-0.1, -0.05) is 72.2 Å². The molecule has 0 unspecified atom stereocenters. The van der Waals surface area contributed by atoms with Crippen molar-refractivity contribution in [2.75, 3.05) is 0 Å². The second-order valence-corrected chi connectivity index (χ2v) is 9.25. The number of rotatable bonds is 7. The third-order valence-corrected chi connectivity index (χ3v) is 5.88. The van der Waals surface area contributed by atoms with Crippen molar-refractivity contribution in [3.05, 3.63) is 83.6 Å². The average molecular weight is 334 g/mol. The van der Waals surface area contributed by atoms with E-state index in [-0.39, 0.29) is 0 Å². The summed E-state index contributed by atoms with van der Waals surface area (Å²) in [4.78, 5) is 4.71. The van der Waals surface area contributed by atoms with E-state index in [2.05, 4.69) is 90.0 Å². The molecule has 2 aromatic carbocycles. The number of hydrogen-bond acceptors (Lipinski definition) is 2. The van der Waals surface area contributed by atoms with Gasteiger partial charge in [-0.2, -0.15) is 0 Å². The fourth-order valence-corrected chi connectivity index (χ4v) is 4.19. The van der Waals surface area contributed by atoms with Gasteiger partial charge in [-0.15, -0.1) is 0 Å². The smallest absolute Gasteiger partial charge is 0.407 e. The van der Waals surface area contributed by atoms with E-state index >= 15 is 0 Å². The second kappa shape index (κ2) is 9.47. The zero-order chi connectivity index (χ0) is 17.4. The van der Waals surface area contributed by atoms with Crippen LogP contribution in [-0.2, 0) is 13.1 Å². The van der Waals surface area contributed by atoms with Crippen molar-refractivity contribution in [2.24, 2.45) is 4.99 Å². The Kier molecular flexibility index (Phi) is 7.31. The van der Waals surface area contributed by atoms with E-state index in [9.17, 15) is 0 Å². The van der Waals surface area contributed by atoms with Crippen LogP contribution in [-0.4, -0.2) is 24.0 Å². The van der Waals surface area contributed by atoms with Gasteiger partial charge in [-0.25, -0.2) is 0 Å². The van der Waals surface area contributed by atoms with Gasteiger partial charge in [0.1, 0.15) is 0 Å². The SMILES string of the molecule is CC(/C=C(\C)[N](Cc1ccccc1)[Al]([CH3])[CH3])=NCc1ccccc1. The first-order valence-corrected chi connectivity index (χ1v) is 11.4. The minimum atomic E-state index is -0.941. The van der Waals surface area contributed by atoms with Gasteiger partial charge < -0.3 is 3.88 Å². The Bertz CT molecular complexity index is 675. The van der Waals surface area contributed by atoms with E-state index in [0.29, 0.717) is 0 Å². The molecule has 0 aromatic heterocycles. The summed E-state index contributed by atoms with van der Waals surface area (Å²) in [7, 11) is 0. The lowest BCUT2D eigenvalue weighted by Gasteiger charge is -2.29. The summed E-state index contributed by atoms with van der Waals surface area (Å²) < 4.78 is 2.55. The maximum absolute atomic E-state index is 4.71. The Labute approximate surface area is 151 Å². The second-order valence-electron chi connectivity index (χ2n) is 6.44. The van der Waals surface area contributed by atoms with Crippen molar-refractivity contribution in [1.82, 2.24) is 3.88 Å². The van der Waals surface area contributed by atoms with Gasteiger partial charge in [-0.05, 0) is 36.7 Å². The molecule has 0 aliphatic rings. The van der Waals surface area contributed by atoms with E-state index in [1.807, 2.05) is 6.07 Å². The Morgan fingerprint density at radius 1 is 0.917 bits per heavy atom. The topological polar surface area (TPSA) is 15.6 Å². The van der Waals surface area contributed by atoms with Gasteiger partial charge in [0.25, 0.3) is 0 Å². The maximum Gasteiger partial charge on any atom is 0.407 e. The van der Waals surface area contributed by atoms with Crippen molar-refractivity contribution in [3.63, 3.8) is 0 Å². The molecule has 0 radical (unpaired) electrons. The Morgan fingerprint density at radius 2 is 1.46 bits per heavy atom. The van der Waals surface area contributed by atoms with E-state index in [0.717, 1.165) is 18.8 Å². The van der Waals surface area contributed by atoms with Gasteiger partial charge >= 0.3 is 14.4 Å². The van der Waals surface area contributed by atoms with E-state index < -0.39 is 14.4 Å². The predicted molar refractivity (Wildman–Crippen MR) is 106 cm³/mol. The molecule has 0 saturated carbocycles. The molecule has 0 fully saturated rings. The summed E-state index contributed by atoms with van der Waals surface area (Å²) >= 11 is -0.941. The van der Waals surface area contributed by atoms with Crippen molar-refractivity contribution in [2.45, 2.75) is 38.5 Å². The van der Waals surface area contributed by atoms with Crippen LogP contribution in [0.4, 0.5) is 0 Å². The number of nitrogens with zero attached hydrogens (tertiary/aromatic N) is 2. The molecular formula is C21H27AlN2. The fraction of sp³-hybridized carbons (Fsp3) is 0.286. The highest BCUT2D eigenvalue weighted by atomic mass is 27.2. The van der Waals surface area contributed by atoms with Crippen LogP contribution in [0.15, 0.2) is 77.4 Å². The van der Waals surface area contributed by atoms with Crippen LogP contribution in [0, 0.1) is 0 Å². The first-order chi connectivity index (χ1) is 11.6. The lowest BCUT2D eigenvalue weighted by molar-refractivity contribution is 0.528. The highest BCUT2D eigenvalue weighted by molar-refractivity contribution is 6.53. The monoisotopic (exact) mass is 334 g/mol.